The summed E-state index contributed by atoms with van der Waals surface area (Å²) < 4.78 is 13.2. The summed E-state index contributed by atoms with van der Waals surface area (Å²) in [7, 11) is 0. The van der Waals surface area contributed by atoms with Crippen molar-refractivity contribution in [2.75, 3.05) is 13.2 Å². The third-order valence-electron chi connectivity index (χ3n) is 11.3. The molecule has 3 aliphatic heterocycles. The molecule has 286 valence electrons. The number of fused-ring (bicyclic) bond motifs is 12. The molecule has 0 fully saturated rings. The van der Waals surface area contributed by atoms with Crippen LogP contribution in [-0.4, -0.2) is 33.1 Å². The molecular formula is C51H50N4O2. The lowest BCUT2D eigenvalue weighted by Gasteiger charge is -2.13. The van der Waals surface area contributed by atoms with Gasteiger partial charge < -0.3 is 19.4 Å². The molecule has 0 unspecified atom stereocenters. The standard InChI is InChI=1S/C51H50N4O2/c1-35-20-22-36(23-21-35)49-41-26-24-37(52-41)34-38-25-27-43(53-38)50-39-16-10-12-18-47(39)56-32-14-8-6-4-2-3-5-7-9-15-33-57-48-19-13-11-17-40(48)51(45-29-28-42(49)54-45)46-31-30-44(50)55-46/h10-13,16-31,34,53-54H,2-9,14-15,32-33H2,1H3. The van der Waals surface area contributed by atoms with Gasteiger partial charge in [-0.1, -0.05) is 118 Å². The van der Waals surface area contributed by atoms with Crippen LogP contribution in [0.1, 0.15) is 92.5 Å². The maximum atomic E-state index is 6.65. The first-order chi connectivity index (χ1) is 28.2. The van der Waals surface area contributed by atoms with E-state index in [2.05, 4.69) is 144 Å². The van der Waals surface area contributed by atoms with Crippen molar-refractivity contribution in [1.29, 1.82) is 0 Å². The summed E-state index contributed by atoms with van der Waals surface area (Å²) in [6.45, 7) is 3.48. The Morgan fingerprint density at radius 3 is 1.56 bits per heavy atom. The van der Waals surface area contributed by atoms with Crippen molar-refractivity contribution >= 4 is 46.4 Å². The normalized spacial score (nSPS) is 15.1. The first kappa shape index (κ1) is 36.5. The maximum absolute atomic E-state index is 6.65. The smallest absolute Gasteiger partial charge is 0.127 e. The molecule has 9 rings (SSSR count). The Kier molecular flexibility index (Phi) is 10.8. The van der Waals surface area contributed by atoms with Gasteiger partial charge in [0.2, 0.25) is 0 Å². The van der Waals surface area contributed by atoms with Crippen LogP contribution in [0.25, 0.3) is 79.8 Å². The Morgan fingerprint density at radius 1 is 0.456 bits per heavy atom. The van der Waals surface area contributed by atoms with E-state index >= 15 is 0 Å². The molecule has 0 aliphatic carbocycles. The SMILES string of the molecule is Cc1ccc(-c2c3nc(cc4ccc([nH]4)c4c5nc(c(c6ccc2[nH]6)-c2ccccc2OCCCCCCCCCCCCOc2ccccc2-4)C=C5)C=C3)cc1. The van der Waals surface area contributed by atoms with Crippen LogP contribution in [0.2, 0.25) is 0 Å². The van der Waals surface area contributed by atoms with E-state index in [1.807, 2.05) is 0 Å². The number of ether oxygens (including phenoxy) is 2. The second-order valence-corrected chi connectivity index (χ2v) is 15.4. The average Bonchev–Trinajstić information content (AvgIpc) is 4.07. The number of aromatic amines is 2. The van der Waals surface area contributed by atoms with Crippen molar-refractivity contribution in [2.45, 2.75) is 71.1 Å². The zero-order chi connectivity index (χ0) is 38.4. The van der Waals surface area contributed by atoms with Crippen LogP contribution in [0.3, 0.4) is 0 Å². The number of aromatic nitrogens is 4. The third-order valence-corrected chi connectivity index (χ3v) is 11.3. The number of aryl methyl sites for hydroxylation is 1. The maximum Gasteiger partial charge on any atom is 0.127 e. The van der Waals surface area contributed by atoms with E-state index in [-0.39, 0.29) is 0 Å². The van der Waals surface area contributed by atoms with Crippen molar-refractivity contribution in [2.24, 2.45) is 0 Å². The molecule has 3 aliphatic rings. The largest absolute Gasteiger partial charge is 0.493 e. The van der Waals surface area contributed by atoms with Gasteiger partial charge in [-0.25, -0.2) is 9.97 Å². The number of hydrogen-bond donors (Lipinski definition) is 2. The highest BCUT2D eigenvalue weighted by atomic mass is 16.5. The van der Waals surface area contributed by atoms with Gasteiger partial charge in [-0.05, 0) is 92.1 Å². The van der Waals surface area contributed by atoms with E-state index in [1.165, 1.54) is 56.9 Å². The van der Waals surface area contributed by atoms with E-state index in [4.69, 9.17) is 19.4 Å². The number of nitrogens with one attached hydrogen (secondary N) is 2. The Bertz CT molecular complexity index is 2610. The van der Waals surface area contributed by atoms with Crippen molar-refractivity contribution in [3.63, 3.8) is 0 Å². The van der Waals surface area contributed by atoms with Crippen molar-refractivity contribution < 1.29 is 9.47 Å². The fraction of sp³-hybridized carbons (Fsp3) is 0.255. The number of hydrogen-bond acceptors (Lipinski definition) is 4. The van der Waals surface area contributed by atoms with Crippen LogP contribution in [0.4, 0.5) is 0 Å². The molecule has 0 radical (unpaired) electrons. The summed E-state index contributed by atoms with van der Waals surface area (Å²) in [6, 6.07) is 36.2. The minimum absolute atomic E-state index is 0.678. The first-order valence-corrected chi connectivity index (χ1v) is 20.8. The van der Waals surface area contributed by atoms with Crippen LogP contribution in [0.5, 0.6) is 11.5 Å². The Hall–Kier alpha value is -6.14. The molecular weight excluding hydrogens is 701 g/mol. The number of benzene rings is 3. The molecule has 10 bridgehead atoms. The van der Waals surface area contributed by atoms with Crippen LogP contribution >= 0.6 is 0 Å². The van der Waals surface area contributed by atoms with Gasteiger partial charge in [0.15, 0.2) is 0 Å². The second kappa shape index (κ2) is 16.9. The van der Waals surface area contributed by atoms with E-state index in [1.54, 1.807) is 0 Å². The summed E-state index contributed by atoms with van der Waals surface area (Å²) in [6.07, 6.45) is 20.6. The van der Waals surface area contributed by atoms with Gasteiger partial charge in [0.05, 0.1) is 36.0 Å². The zero-order valence-electron chi connectivity index (χ0n) is 32.8. The van der Waals surface area contributed by atoms with Crippen LogP contribution in [-0.2, 0) is 0 Å². The molecule has 0 atom stereocenters. The van der Waals surface area contributed by atoms with Crippen molar-refractivity contribution in [3.8, 4) is 44.9 Å². The number of para-hydroxylation sites is 2. The highest BCUT2D eigenvalue weighted by Gasteiger charge is 2.20. The predicted molar refractivity (Wildman–Crippen MR) is 237 cm³/mol. The minimum atomic E-state index is 0.678. The Morgan fingerprint density at radius 2 is 0.947 bits per heavy atom. The Labute approximate surface area is 335 Å². The molecule has 0 saturated carbocycles. The molecule has 3 aromatic heterocycles. The van der Waals surface area contributed by atoms with Crippen molar-refractivity contribution in [3.05, 3.63) is 131 Å². The summed E-state index contributed by atoms with van der Waals surface area (Å²) in [5.74, 6) is 1.72. The lowest BCUT2D eigenvalue weighted by atomic mass is 10.0. The summed E-state index contributed by atoms with van der Waals surface area (Å²) in [5, 5.41) is 0. The zero-order valence-corrected chi connectivity index (χ0v) is 32.8. The first-order valence-electron chi connectivity index (χ1n) is 20.8. The molecule has 6 aromatic rings. The fourth-order valence-electron chi connectivity index (χ4n) is 8.31. The van der Waals surface area contributed by atoms with Gasteiger partial charge in [-0.2, -0.15) is 0 Å². The topological polar surface area (TPSA) is 75.8 Å². The summed E-state index contributed by atoms with van der Waals surface area (Å²) in [5.41, 5.74) is 14.7. The Balaban J connectivity index is 1.32. The van der Waals surface area contributed by atoms with Gasteiger partial charge in [0.1, 0.15) is 11.5 Å². The van der Waals surface area contributed by atoms with E-state index in [0.29, 0.717) is 13.2 Å². The quantitative estimate of drug-likeness (QED) is 0.175. The van der Waals surface area contributed by atoms with Crippen molar-refractivity contribution in [1.82, 2.24) is 19.9 Å². The van der Waals surface area contributed by atoms with Gasteiger partial charge in [0.25, 0.3) is 0 Å². The van der Waals surface area contributed by atoms with E-state index < -0.39 is 0 Å². The molecule has 0 saturated heterocycles. The molecule has 6 heterocycles. The van der Waals surface area contributed by atoms with Gasteiger partial charge in [0, 0.05) is 49.9 Å². The minimum Gasteiger partial charge on any atom is -0.493 e. The number of rotatable bonds is 1. The average molecular weight is 751 g/mol. The van der Waals surface area contributed by atoms with E-state index in [0.717, 1.165) is 103 Å². The van der Waals surface area contributed by atoms with Crippen LogP contribution in [0, 0.1) is 6.92 Å². The predicted octanol–water partition coefficient (Wildman–Crippen LogP) is 13.6. The third kappa shape index (κ3) is 8.08. The van der Waals surface area contributed by atoms with E-state index in [9.17, 15) is 0 Å². The highest BCUT2D eigenvalue weighted by molar-refractivity contribution is 5.99. The summed E-state index contributed by atoms with van der Waals surface area (Å²) >= 11 is 0. The fourth-order valence-corrected chi connectivity index (χ4v) is 8.31. The van der Waals surface area contributed by atoms with Gasteiger partial charge >= 0.3 is 0 Å². The number of H-pyrrole nitrogens is 2. The number of nitrogens with zero attached hydrogens (tertiary/aromatic N) is 2. The second-order valence-electron chi connectivity index (χ2n) is 15.4. The highest BCUT2D eigenvalue weighted by Crippen LogP contribution is 2.41. The molecule has 0 spiro atoms. The molecule has 6 nitrogen and oxygen atoms in total. The lowest BCUT2D eigenvalue weighted by molar-refractivity contribution is 0.304. The molecule has 0 amide bonds. The molecule has 3 aromatic carbocycles. The monoisotopic (exact) mass is 750 g/mol. The van der Waals surface area contributed by atoms with Crippen LogP contribution in [0.15, 0.2) is 103 Å². The van der Waals surface area contributed by atoms with Gasteiger partial charge in [-0.3, -0.25) is 0 Å². The van der Waals surface area contributed by atoms with Gasteiger partial charge in [-0.15, -0.1) is 0 Å². The van der Waals surface area contributed by atoms with Crippen LogP contribution < -0.4 is 9.47 Å². The summed E-state index contributed by atoms with van der Waals surface area (Å²) in [4.78, 5) is 18.3. The molecule has 6 heteroatoms. The molecule has 2 N–H and O–H groups in total. The lowest BCUT2D eigenvalue weighted by Crippen LogP contribution is -2.00. The molecule has 57 heavy (non-hydrogen) atoms.